The molecule has 0 aliphatic heterocycles. The van der Waals surface area contributed by atoms with Crippen molar-refractivity contribution in [2.75, 3.05) is 12.3 Å². The van der Waals surface area contributed by atoms with E-state index < -0.39 is 5.60 Å². The Labute approximate surface area is 108 Å². The summed E-state index contributed by atoms with van der Waals surface area (Å²) in [5.41, 5.74) is 5.96. The molecule has 0 spiro atoms. The van der Waals surface area contributed by atoms with Gasteiger partial charge in [0.05, 0.1) is 11.2 Å². The van der Waals surface area contributed by atoms with Crippen LogP contribution in [0, 0.1) is 0 Å². The number of nitrogens with two attached hydrogens (primary N) is 1. The van der Waals surface area contributed by atoms with E-state index in [1.54, 1.807) is 18.2 Å². The molecule has 1 aliphatic rings. The van der Waals surface area contributed by atoms with E-state index in [2.05, 4.69) is 21.2 Å². The van der Waals surface area contributed by atoms with Crippen molar-refractivity contribution in [2.24, 2.45) is 0 Å². The van der Waals surface area contributed by atoms with Gasteiger partial charge in [-0.05, 0) is 53.4 Å². The van der Waals surface area contributed by atoms with Crippen LogP contribution in [0.5, 0.6) is 0 Å². The molecule has 0 radical (unpaired) electrons. The third-order valence-electron chi connectivity index (χ3n) is 3.10. The van der Waals surface area contributed by atoms with Crippen molar-refractivity contribution in [3.63, 3.8) is 0 Å². The number of carbonyl (C=O) groups excluding carboxylic acids is 1. The van der Waals surface area contributed by atoms with Gasteiger partial charge in [0, 0.05) is 16.7 Å². The molecule has 1 aromatic carbocycles. The van der Waals surface area contributed by atoms with Crippen molar-refractivity contribution in [3.05, 3.63) is 28.2 Å². The fourth-order valence-corrected chi connectivity index (χ4v) is 2.25. The summed E-state index contributed by atoms with van der Waals surface area (Å²) in [5, 5.41) is 12.6. The highest BCUT2D eigenvalue weighted by Gasteiger charge is 2.34. The van der Waals surface area contributed by atoms with Crippen LogP contribution in [0.4, 0.5) is 5.69 Å². The number of anilines is 1. The van der Waals surface area contributed by atoms with E-state index in [0.717, 1.165) is 19.3 Å². The Hall–Kier alpha value is -1.07. The number of nitrogens with one attached hydrogen (secondary N) is 1. The summed E-state index contributed by atoms with van der Waals surface area (Å²) in [6.45, 7) is 0.299. The zero-order chi connectivity index (χ0) is 12.5. The van der Waals surface area contributed by atoms with Crippen LogP contribution in [0.1, 0.15) is 29.6 Å². The molecule has 92 valence electrons. The first-order chi connectivity index (χ1) is 8.00. The highest BCUT2D eigenvalue weighted by Crippen LogP contribution is 2.30. The molecule has 1 saturated carbocycles. The van der Waals surface area contributed by atoms with Crippen molar-refractivity contribution in [3.8, 4) is 0 Å². The minimum absolute atomic E-state index is 0.218. The quantitative estimate of drug-likeness (QED) is 0.743. The Morgan fingerprint density at radius 3 is 2.82 bits per heavy atom. The normalized spacial score (nSPS) is 17.3. The van der Waals surface area contributed by atoms with Gasteiger partial charge in [0.25, 0.3) is 5.91 Å². The number of halogens is 1. The van der Waals surface area contributed by atoms with Crippen LogP contribution in [-0.4, -0.2) is 23.2 Å². The van der Waals surface area contributed by atoms with E-state index in [0.29, 0.717) is 22.3 Å². The maximum atomic E-state index is 11.9. The Morgan fingerprint density at radius 1 is 1.53 bits per heavy atom. The van der Waals surface area contributed by atoms with Crippen molar-refractivity contribution in [1.29, 1.82) is 0 Å². The summed E-state index contributed by atoms with van der Waals surface area (Å²) in [6.07, 6.45) is 2.53. The molecular formula is C12H15BrN2O2. The van der Waals surface area contributed by atoms with E-state index in [-0.39, 0.29) is 5.91 Å². The molecule has 0 atom stereocenters. The lowest BCUT2D eigenvalue weighted by molar-refractivity contribution is -0.0300. The van der Waals surface area contributed by atoms with Gasteiger partial charge in [-0.1, -0.05) is 0 Å². The molecule has 1 aliphatic carbocycles. The minimum Gasteiger partial charge on any atom is -0.399 e. The SMILES string of the molecule is Nc1ccc(Br)c(C(=O)NCC2(O)CCC2)c1. The number of hydrogen-bond acceptors (Lipinski definition) is 3. The predicted octanol–water partition coefficient (Wildman–Crippen LogP) is 1.68. The van der Waals surface area contributed by atoms with Crippen LogP contribution >= 0.6 is 15.9 Å². The second kappa shape index (κ2) is 4.66. The number of carbonyl (C=O) groups is 1. The third-order valence-corrected chi connectivity index (χ3v) is 3.79. The molecule has 5 heteroatoms. The van der Waals surface area contributed by atoms with Crippen molar-refractivity contribution < 1.29 is 9.90 Å². The number of nitrogen functional groups attached to an aromatic ring is 1. The van der Waals surface area contributed by atoms with E-state index in [1.165, 1.54) is 0 Å². The van der Waals surface area contributed by atoms with Crippen LogP contribution in [-0.2, 0) is 0 Å². The van der Waals surface area contributed by atoms with Crippen LogP contribution in [0.25, 0.3) is 0 Å². The summed E-state index contributed by atoms with van der Waals surface area (Å²) in [6, 6.07) is 5.08. The maximum absolute atomic E-state index is 11.9. The summed E-state index contributed by atoms with van der Waals surface area (Å²) in [5.74, 6) is -0.218. The van der Waals surface area contributed by atoms with Crippen LogP contribution < -0.4 is 11.1 Å². The van der Waals surface area contributed by atoms with Gasteiger partial charge in [-0.15, -0.1) is 0 Å². The average molecular weight is 299 g/mol. The van der Waals surface area contributed by atoms with Gasteiger partial charge in [-0.2, -0.15) is 0 Å². The number of aliphatic hydroxyl groups is 1. The summed E-state index contributed by atoms with van der Waals surface area (Å²) in [4.78, 5) is 11.9. The molecule has 2 rings (SSSR count). The Bertz CT molecular complexity index is 444. The zero-order valence-corrected chi connectivity index (χ0v) is 11.0. The summed E-state index contributed by atoms with van der Waals surface area (Å²) in [7, 11) is 0. The minimum atomic E-state index is -0.706. The molecule has 0 saturated heterocycles. The molecule has 4 N–H and O–H groups in total. The van der Waals surface area contributed by atoms with E-state index in [9.17, 15) is 9.90 Å². The summed E-state index contributed by atoms with van der Waals surface area (Å²) >= 11 is 3.30. The second-order valence-corrected chi connectivity index (χ2v) is 5.35. The van der Waals surface area contributed by atoms with Crippen molar-refractivity contribution in [1.82, 2.24) is 5.32 Å². The molecule has 17 heavy (non-hydrogen) atoms. The molecule has 1 amide bonds. The first-order valence-corrected chi connectivity index (χ1v) is 6.35. The number of amides is 1. The van der Waals surface area contributed by atoms with Gasteiger partial charge < -0.3 is 16.2 Å². The number of rotatable bonds is 3. The molecule has 1 aromatic rings. The van der Waals surface area contributed by atoms with Gasteiger partial charge in [-0.3, -0.25) is 4.79 Å². The second-order valence-electron chi connectivity index (χ2n) is 4.50. The van der Waals surface area contributed by atoms with Gasteiger partial charge in [0.2, 0.25) is 0 Å². The fourth-order valence-electron chi connectivity index (χ4n) is 1.82. The van der Waals surface area contributed by atoms with E-state index in [1.807, 2.05) is 0 Å². The molecule has 0 aromatic heterocycles. The Kier molecular flexibility index (Phi) is 3.40. The standard InChI is InChI=1S/C12H15BrN2O2/c13-10-3-2-8(14)6-9(10)11(16)15-7-12(17)4-1-5-12/h2-3,6,17H,1,4-5,7,14H2,(H,15,16). The molecular weight excluding hydrogens is 284 g/mol. The first-order valence-electron chi connectivity index (χ1n) is 5.56. The molecule has 0 bridgehead atoms. The van der Waals surface area contributed by atoms with E-state index >= 15 is 0 Å². The molecule has 0 heterocycles. The largest absolute Gasteiger partial charge is 0.399 e. The number of hydrogen-bond donors (Lipinski definition) is 3. The summed E-state index contributed by atoms with van der Waals surface area (Å²) < 4.78 is 0.699. The highest BCUT2D eigenvalue weighted by molar-refractivity contribution is 9.10. The van der Waals surface area contributed by atoms with Crippen LogP contribution in [0.15, 0.2) is 22.7 Å². The Balaban J connectivity index is 2.01. The van der Waals surface area contributed by atoms with Crippen LogP contribution in [0.2, 0.25) is 0 Å². The smallest absolute Gasteiger partial charge is 0.252 e. The fraction of sp³-hybridized carbons (Fsp3) is 0.417. The lowest BCUT2D eigenvalue weighted by Gasteiger charge is -2.36. The highest BCUT2D eigenvalue weighted by atomic mass is 79.9. The van der Waals surface area contributed by atoms with Crippen LogP contribution in [0.3, 0.4) is 0 Å². The molecule has 4 nitrogen and oxygen atoms in total. The topological polar surface area (TPSA) is 75.4 Å². The van der Waals surface area contributed by atoms with Gasteiger partial charge in [-0.25, -0.2) is 0 Å². The predicted molar refractivity (Wildman–Crippen MR) is 69.7 cm³/mol. The number of benzene rings is 1. The molecule has 1 fully saturated rings. The Morgan fingerprint density at radius 2 is 2.24 bits per heavy atom. The zero-order valence-electron chi connectivity index (χ0n) is 9.37. The molecule has 0 unspecified atom stereocenters. The first kappa shape index (κ1) is 12.4. The third kappa shape index (κ3) is 2.79. The lowest BCUT2D eigenvalue weighted by atomic mass is 9.80. The van der Waals surface area contributed by atoms with Crippen molar-refractivity contribution >= 4 is 27.5 Å². The van der Waals surface area contributed by atoms with Gasteiger partial charge >= 0.3 is 0 Å². The average Bonchev–Trinajstić information content (AvgIpc) is 2.26. The van der Waals surface area contributed by atoms with Gasteiger partial charge in [0.1, 0.15) is 0 Å². The lowest BCUT2D eigenvalue weighted by Crippen LogP contribution is -2.47. The van der Waals surface area contributed by atoms with E-state index in [4.69, 9.17) is 5.73 Å². The van der Waals surface area contributed by atoms with Crippen molar-refractivity contribution in [2.45, 2.75) is 24.9 Å². The van der Waals surface area contributed by atoms with Gasteiger partial charge in [0.15, 0.2) is 0 Å². The maximum Gasteiger partial charge on any atom is 0.252 e. The monoisotopic (exact) mass is 298 g/mol.